The third kappa shape index (κ3) is 2.25. The van der Waals surface area contributed by atoms with Crippen molar-refractivity contribution in [2.75, 3.05) is 5.73 Å². The van der Waals surface area contributed by atoms with Crippen LogP contribution in [0.4, 0.5) is 5.00 Å². The lowest BCUT2D eigenvalue weighted by atomic mass is 9.89. The maximum Gasteiger partial charge on any atom is 0.163 e. The highest BCUT2D eigenvalue weighted by molar-refractivity contribution is 7.10. The van der Waals surface area contributed by atoms with Gasteiger partial charge in [-0.25, -0.2) is 9.67 Å². The van der Waals surface area contributed by atoms with Crippen LogP contribution in [0.2, 0.25) is 0 Å². The van der Waals surface area contributed by atoms with Crippen LogP contribution >= 0.6 is 11.5 Å². The lowest BCUT2D eigenvalue weighted by Crippen LogP contribution is -2.06. The number of rotatable bonds is 2. The summed E-state index contributed by atoms with van der Waals surface area (Å²) >= 11 is 1.33. The number of nitrogens with zero attached hydrogens (tertiary/aromatic N) is 4. The van der Waals surface area contributed by atoms with Crippen LogP contribution in [0.15, 0.2) is 0 Å². The Labute approximate surface area is 117 Å². The Morgan fingerprint density at radius 2 is 2.00 bits per heavy atom. The Bertz CT molecular complexity index is 560. The summed E-state index contributed by atoms with van der Waals surface area (Å²) in [6.07, 6.45) is 6.34. The van der Waals surface area contributed by atoms with E-state index in [-0.39, 0.29) is 0 Å². The summed E-state index contributed by atoms with van der Waals surface area (Å²) in [5.74, 6) is 2.34. The second kappa shape index (κ2) is 4.92. The molecule has 0 amide bonds. The normalized spacial score (nSPS) is 16.9. The molecule has 1 aliphatic rings. The molecule has 5 nitrogen and oxygen atoms in total. The first-order valence-electron chi connectivity index (χ1n) is 6.80. The number of aryl methyl sites for hydroxylation is 2. The lowest BCUT2D eigenvalue weighted by molar-refractivity contribution is 0.427. The molecular formula is C13H19N5S. The molecule has 19 heavy (non-hydrogen) atoms. The maximum atomic E-state index is 6.00. The van der Waals surface area contributed by atoms with Crippen LogP contribution in [0.5, 0.6) is 0 Å². The molecule has 1 fully saturated rings. The van der Waals surface area contributed by atoms with Crippen molar-refractivity contribution in [3.63, 3.8) is 0 Å². The molecule has 1 aliphatic carbocycles. The van der Waals surface area contributed by atoms with Gasteiger partial charge < -0.3 is 5.73 Å². The smallest absolute Gasteiger partial charge is 0.163 e. The fraction of sp³-hybridized carbons (Fsp3) is 0.615. The van der Waals surface area contributed by atoms with Crippen LogP contribution in [-0.4, -0.2) is 19.1 Å². The third-order valence-electron chi connectivity index (χ3n) is 3.86. The van der Waals surface area contributed by atoms with Gasteiger partial charge >= 0.3 is 0 Å². The monoisotopic (exact) mass is 277 g/mol. The van der Waals surface area contributed by atoms with Crippen LogP contribution in [-0.2, 0) is 7.05 Å². The highest BCUT2D eigenvalue weighted by Gasteiger charge is 2.23. The summed E-state index contributed by atoms with van der Waals surface area (Å²) in [7, 11) is 1.94. The molecule has 0 bridgehead atoms. The molecule has 0 saturated heterocycles. The van der Waals surface area contributed by atoms with Gasteiger partial charge in [0, 0.05) is 13.0 Å². The number of hydrogen-bond acceptors (Lipinski definition) is 5. The summed E-state index contributed by atoms with van der Waals surface area (Å²) in [5.41, 5.74) is 7.89. The van der Waals surface area contributed by atoms with E-state index in [4.69, 9.17) is 10.7 Å². The van der Waals surface area contributed by atoms with E-state index >= 15 is 0 Å². The molecule has 1 saturated carbocycles. The first-order chi connectivity index (χ1) is 9.16. The maximum absolute atomic E-state index is 6.00. The molecule has 3 rings (SSSR count). The summed E-state index contributed by atoms with van der Waals surface area (Å²) in [5, 5.41) is 5.32. The first kappa shape index (κ1) is 12.6. The molecule has 0 radical (unpaired) electrons. The van der Waals surface area contributed by atoms with Crippen molar-refractivity contribution in [1.82, 2.24) is 19.1 Å². The number of anilines is 1. The van der Waals surface area contributed by atoms with Gasteiger partial charge in [-0.05, 0) is 31.3 Å². The molecule has 2 aromatic heterocycles. The van der Waals surface area contributed by atoms with E-state index in [2.05, 4.69) is 9.47 Å². The largest absolute Gasteiger partial charge is 0.389 e. The van der Waals surface area contributed by atoms with E-state index in [0.717, 1.165) is 27.9 Å². The second-order valence-electron chi connectivity index (χ2n) is 5.26. The third-order valence-corrected chi connectivity index (χ3v) is 4.63. The Morgan fingerprint density at radius 1 is 1.26 bits per heavy atom. The number of aromatic nitrogens is 4. The Kier molecular flexibility index (Phi) is 3.26. The highest BCUT2D eigenvalue weighted by Crippen LogP contribution is 2.34. The van der Waals surface area contributed by atoms with Crippen LogP contribution in [0, 0.1) is 6.92 Å². The molecule has 102 valence electrons. The van der Waals surface area contributed by atoms with E-state index in [0.29, 0.717) is 5.92 Å². The van der Waals surface area contributed by atoms with Gasteiger partial charge in [0.05, 0.1) is 11.3 Å². The number of hydrogen-bond donors (Lipinski definition) is 1. The van der Waals surface area contributed by atoms with Gasteiger partial charge in [0.15, 0.2) is 11.6 Å². The van der Waals surface area contributed by atoms with Crippen LogP contribution in [0.3, 0.4) is 0 Å². The number of nitrogen functional groups attached to an aromatic ring is 1. The van der Waals surface area contributed by atoms with Gasteiger partial charge in [0.1, 0.15) is 5.00 Å². The Morgan fingerprint density at radius 3 is 2.63 bits per heavy atom. The summed E-state index contributed by atoms with van der Waals surface area (Å²) in [6, 6.07) is 0. The molecule has 2 heterocycles. The van der Waals surface area contributed by atoms with Crippen molar-refractivity contribution < 1.29 is 0 Å². The molecule has 0 unspecified atom stereocenters. The van der Waals surface area contributed by atoms with Gasteiger partial charge in [-0.1, -0.05) is 19.3 Å². The second-order valence-corrected chi connectivity index (χ2v) is 6.06. The minimum Gasteiger partial charge on any atom is -0.389 e. The van der Waals surface area contributed by atoms with E-state index < -0.39 is 0 Å². The molecule has 2 N–H and O–H groups in total. The zero-order valence-electron chi connectivity index (χ0n) is 11.4. The summed E-state index contributed by atoms with van der Waals surface area (Å²) in [4.78, 5) is 4.74. The average Bonchev–Trinajstić information content (AvgIpc) is 2.94. The minimum absolute atomic E-state index is 0.516. The molecule has 6 heteroatoms. The van der Waals surface area contributed by atoms with Gasteiger partial charge in [-0.15, -0.1) is 0 Å². The van der Waals surface area contributed by atoms with Crippen molar-refractivity contribution >= 4 is 16.5 Å². The van der Waals surface area contributed by atoms with E-state index in [1.165, 1.54) is 43.6 Å². The molecule has 0 aromatic carbocycles. The SMILES string of the molecule is Cc1nsc(N)c1-c1nc(C2CCCCC2)nn1C. The van der Waals surface area contributed by atoms with Crippen molar-refractivity contribution in [2.45, 2.75) is 44.9 Å². The molecular weight excluding hydrogens is 258 g/mol. The highest BCUT2D eigenvalue weighted by atomic mass is 32.1. The lowest BCUT2D eigenvalue weighted by Gasteiger charge is -2.18. The predicted molar refractivity (Wildman–Crippen MR) is 77.1 cm³/mol. The van der Waals surface area contributed by atoms with Crippen molar-refractivity contribution in [2.24, 2.45) is 7.05 Å². The van der Waals surface area contributed by atoms with Crippen molar-refractivity contribution in [3.8, 4) is 11.4 Å². The first-order valence-corrected chi connectivity index (χ1v) is 7.57. The van der Waals surface area contributed by atoms with Gasteiger partial charge in [-0.2, -0.15) is 9.47 Å². The van der Waals surface area contributed by atoms with Crippen molar-refractivity contribution in [3.05, 3.63) is 11.5 Å². The van der Waals surface area contributed by atoms with E-state index in [1.54, 1.807) is 0 Å². The molecule has 0 aliphatic heterocycles. The Hall–Kier alpha value is -1.43. The standard InChI is InChI=1S/C13H19N5S/c1-8-10(11(14)19-17-8)13-15-12(16-18(13)2)9-6-4-3-5-7-9/h9H,3-7,14H2,1-2H3. The van der Waals surface area contributed by atoms with Crippen LogP contribution in [0.1, 0.15) is 49.5 Å². The topological polar surface area (TPSA) is 69.6 Å². The fourth-order valence-electron chi connectivity index (χ4n) is 2.81. The number of nitrogens with two attached hydrogens (primary N) is 1. The zero-order valence-corrected chi connectivity index (χ0v) is 12.2. The average molecular weight is 277 g/mol. The zero-order chi connectivity index (χ0) is 13.4. The quantitative estimate of drug-likeness (QED) is 0.916. The summed E-state index contributed by atoms with van der Waals surface area (Å²) < 4.78 is 6.14. The van der Waals surface area contributed by atoms with E-state index in [1.807, 2.05) is 18.7 Å². The van der Waals surface area contributed by atoms with Gasteiger partial charge in [-0.3, -0.25) is 0 Å². The Balaban J connectivity index is 1.97. The van der Waals surface area contributed by atoms with Crippen molar-refractivity contribution in [1.29, 1.82) is 0 Å². The molecule has 2 aromatic rings. The van der Waals surface area contributed by atoms with Gasteiger partial charge in [0.25, 0.3) is 0 Å². The van der Waals surface area contributed by atoms with E-state index in [9.17, 15) is 0 Å². The minimum atomic E-state index is 0.516. The van der Waals surface area contributed by atoms with Crippen LogP contribution in [0.25, 0.3) is 11.4 Å². The van der Waals surface area contributed by atoms with Crippen LogP contribution < -0.4 is 5.73 Å². The summed E-state index contributed by atoms with van der Waals surface area (Å²) in [6.45, 7) is 1.97. The fourth-order valence-corrected chi connectivity index (χ4v) is 3.47. The van der Waals surface area contributed by atoms with Gasteiger partial charge in [0.2, 0.25) is 0 Å². The molecule has 0 atom stereocenters. The molecule has 0 spiro atoms. The predicted octanol–water partition coefficient (Wildman–Crippen LogP) is 2.88.